The van der Waals surface area contributed by atoms with E-state index in [1.807, 2.05) is 6.92 Å². The number of hydrogen-bond donors (Lipinski definition) is 0. The quantitative estimate of drug-likeness (QED) is 0.474. The lowest BCUT2D eigenvalue weighted by molar-refractivity contribution is -0.153. The highest BCUT2D eigenvalue weighted by molar-refractivity contribution is 5.77. The Balaban J connectivity index is 1.92. The van der Waals surface area contributed by atoms with Crippen molar-refractivity contribution in [2.75, 3.05) is 6.61 Å². The second-order valence-corrected chi connectivity index (χ2v) is 4.51. The first-order valence-corrected chi connectivity index (χ1v) is 4.76. The van der Waals surface area contributed by atoms with Gasteiger partial charge in [-0.1, -0.05) is 5.92 Å². The second-order valence-electron chi connectivity index (χ2n) is 4.51. The Kier molecular flexibility index (Phi) is 1.83. The lowest BCUT2D eigenvalue weighted by atomic mass is 9.85. The molecule has 0 amide bonds. The topological polar surface area (TPSA) is 26.3 Å². The van der Waals surface area contributed by atoms with Gasteiger partial charge in [0.1, 0.15) is 0 Å². The first kappa shape index (κ1) is 8.62. The van der Waals surface area contributed by atoms with E-state index in [2.05, 4.69) is 5.92 Å². The lowest BCUT2D eigenvalue weighted by Crippen LogP contribution is -2.28. The number of carbonyl (C=O) groups excluding carboxylic acids is 1. The average Bonchev–Trinajstić information content (AvgIpc) is 2.71. The van der Waals surface area contributed by atoms with Gasteiger partial charge >= 0.3 is 5.97 Å². The number of rotatable bonds is 2. The van der Waals surface area contributed by atoms with Crippen molar-refractivity contribution < 1.29 is 9.53 Å². The fourth-order valence-corrected chi connectivity index (χ4v) is 2.50. The first-order valence-electron chi connectivity index (χ1n) is 4.76. The highest BCUT2D eigenvalue weighted by atomic mass is 16.5. The zero-order valence-electron chi connectivity index (χ0n) is 7.88. The van der Waals surface area contributed by atoms with Gasteiger partial charge in [-0.05, 0) is 38.0 Å². The van der Waals surface area contributed by atoms with Crippen LogP contribution in [0.1, 0.15) is 26.2 Å². The molecule has 0 saturated heterocycles. The van der Waals surface area contributed by atoms with Gasteiger partial charge in [0.05, 0.1) is 5.41 Å². The molecule has 0 heterocycles. The third-order valence-corrected chi connectivity index (χ3v) is 3.27. The third kappa shape index (κ3) is 1.44. The summed E-state index contributed by atoms with van der Waals surface area (Å²) >= 11 is 0. The van der Waals surface area contributed by atoms with Crippen LogP contribution in [0.5, 0.6) is 0 Å². The molecule has 0 spiro atoms. The van der Waals surface area contributed by atoms with Crippen molar-refractivity contribution >= 4 is 5.97 Å². The summed E-state index contributed by atoms with van der Waals surface area (Å²) in [4.78, 5) is 11.6. The van der Waals surface area contributed by atoms with E-state index in [0.717, 1.165) is 24.7 Å². The van der Waals surface area contributed by atoms with Gasteiger partial charge in [-0.3, -0.25) is 4.79 Å². The molecule has 0 aromatic heterocycles. The molecule has 2 aliphatic carbocycles. The fourth-order valence-electron chi connectivity index (χ4n) is 2.50. The van der Waals surface area contributed by atoms with Gasteiger partial charge in [0.15, 0.2) is 6.61 Å². The van der Waals surface area contributed by atoms with Gasteiger partial charge < -0.3 is 4.74 Å². The minimum Gasteiger partial charge on any atom is -0.452 e. The van der Waals surface area contributed by atoms with Crippen molar-refractivity contribution in [3.05, 3.63) is 0 Å². The number of carbonyl (C=O) groups is 1. The molecule has 0 radical (unpaired) electrons. The molecule has 2 nitrogen and oxygen atoms in total. The SMILES string of the molecule is C#CCOC(=O)C1(C)CC2CC2C1. The van der Waals surface area contributed by atoms with Crippen LogP contribution in [-0.4, -0.2) is 12.6 Å². The predicted octanol–water partition coefficient (Wildman–Crippen LogP) is 1.60. The maximum Gasteiger partial charge on any atom is 0.312 e. The van der Waals surface area contributed by atoms with Crippen LogP contribution in [0.4, 0.5) is 0 Å². The number of ether oxygens (including phenoxy) is 1. The van der Waals surface area contributed by atoms with Crippen LogP contribution in [0.25, 0.3) is 0 Å². The molecule has 2 saturated carbocycles. The number of hydrogen-bond acceptors (Lipinski definition) is 2. The summed E-state index contributed by atoms with van der Waals surface area (Å²) in [6.45, 7) is 2.11. The van der Waals surface area contributed by atoms with E-state index in [0.29, 0.717) is 0 Å². The van der Waals surface area contributed by atoms with E-state index < -0.39 is 0 Å². The van der Waals surface area contributed by atoms with E-state index in [9.17, 15) is 4.79 Å². The Hall–Kier alpha value is -0.970. The molecule has 0 N–H and O–H groups in total. The van der Waals surface area contributed by atoms with Crippen LogP contribution in [0.2, 0.25) is 0 Å². The van der Waals surface area contributed by atoms with Crippen LogP contribution >= 0.6 is 0 Å². The highest BCUT2D eigenvalue weighted by Gasteiger charge is 2.55. The zero-order valence-corrected chi connectivity index (χ0v) is 7.88. The van der Waals surface area contributed by atoms with Crippen molar-refractivity contribution in [1.82, 2.24) is 0 Å². The van der Waals surface area contributed by atoms with Gasteiger partial charge in [0, 0.05) is 0 Å². The van der Waals surface area contributed by atoms with Crippen LogP contribution < -0.4 is 0 Å². The minimum atomic E-state index is -0.232. The summed E-state index contributed by atoms with van der Waals surface area (Å²) in [5.74, 6) is 3.81. The molecule has 0 aromatic rings. The van der Waals surface area contributed by atoms with E-state index in [1.165, 1.54) is 6.42 Å². The van der Waals surface area contributed by atoms with E-state index in [4.69, 9.17) is 11.2 Å². The molecule has 0 aliphatic heterocycles. The van der Waals surface area contributed by atoms with Crippen molar-refractivity contribution in [2.45, 2.75) is 26.2 Å². The smallest absolute Gasteiger partial charge is 0.312 e. The Bertz CT molecular complexity index is 264. The Morgan fingerprint density at radius 3 is 2.77 bits per heavy atom. The van der Waals surface area contributed by atoms with Gasteiger partial charge in [-0.2, -0.15) is 0 Å². The number of fused-ring (bicyclic) bond motifs is 1. The maximum absolute atomic E-state index is 11.6. The predicted molar refractivity (Wildman–Crippen MR) is 48.7 cm³/mol. The molecule has 70 valence electrons. The van der Waals surface area contributed by atoms with Crippen molar-refractivity contribution in [3.8, 4) is 12.3 Å². The lowest BCUT2D eigenvalue weighted by Gasteiger charge is -2.22. The summed E-state index contributed by atoms with van der Waals surface area (Å²) in [6.07, 6.45) is 8.35. The number of terminal acetylenes is 1. The molecular weight excluding hydrogens is 164 g/mol. The third-order valence-electron chi connectivity index (χ3n) is 3.27. The van der Waals surface area contributed by atoms with Crippen molar-refractivity contribution in [1.29, 1.82) is 0 Å². The fraction of sp³-hybridized carbons (Fsp3) is 0.727. The molecule has 13 heavy (non-hydrogen) atoms. The molecule has 2 heteroatoms. The molecule has 2 rings (SSSR count). The average molecular weight is 178 g/mol. The summed E-state index contributed by atoms with van der Waals surface area (Å²) < 4.78 is 4.97. The molecule has 0 bridgehead atoms. The summed E-state index contributed by atoms with van der Waals surface area (Å²) in [6, 6.07) is 0. The molecule has 2 unspecified atom stereocenters. The summed E-state index contributed by atoms with van der Waals surface area (Å²) in [5, 5.41) is 0. The van der Waals surface area contributed by atoms with E-state index >= 15 is 0 Å². The Morgan fingerprint density at radius 2 is 2.23 bits per heavy atom. The maximum atomic E-state index is 11.6. The highest BCUT2D eigenvalue weighted by Crippen LogP contribution is 2.60. The van der Waals surface area contributed by atoms with E-state index in [1.54, 1.807) is 0 Å². The standard InChI is InChI=1S/C11H14O2/c1-3-4-13-10(12)11(2)6-8-5-9(8)7-11/h1,8-9H,4-7H2,2H3. The molecule has 2 atom stereocenters. The van der Waals surface area contributed by atoms with Crippen molar-refractivity contribution in [2.24, 2.45) is 17.3 Å². The monoisotopic (exact) mass is 178 g/mol. The van der Waals surface area contributed by atoms with Crippen LogP contribution in [-0.2, 0) is 9.53 Å². The van der Waals surface area contributed by atoms with Gasteiger partial charge in [-0.25, -0.2) is 0 Å². The summed E-state index contributed by atoms with van der Waals surface area (Å²) in [7, 11) is 0. The van der Waals surface area contributed by atoms with Gasteiger partial charge in [-0.15, -0.1) is 6.42 Å². The van der Waals surface area contributed by atoms with Crippen LogP contribution in [0, 0.1) is 29.6 Å². The molecular formula is C11H14O2. The Labute approximate surface area is 78.7 Å². The van der Waals surface area contributed by atoms with Gasteiger partial charge in [0.2, 0.25) is 0 Å². The van der Waals surface area contributed by atoms with Crippen LogP contribution in [0.3, 0.4) is 0 Å². The number of esters is 1. The van der Waals surface area contributed by atoms with E-state index in [-0.39, 0.29) is 18.0 Å². The van der Waals surface area contributed by atoms with Crippen LogP contribution in [0.15, 0.2) is 0 Å². The molecule has 0 aromatic carbocycles. The van der Waals surface area contributed by atoms with Gasteiger partial charge in [0.25, 0.3) is 0 Å². The first-order chi connectivity index (χ1) is 6.15. The molecule has 2 fully saturated rings. The second kappa shape index (κ2) is 2.77. The zero-order chi connectivity index (χ0) is 9.47. The minimum absolute atomic E-state index is 0.0994. The summed E-state index contributed by atoms with van der Waals surface area (Å²) in [5.41, 5.74) is -0.232. The molecule has 2 aliphatic rings. The Morgan fingerprint density at radius 1 is 1.62 bits per heavy atom. The normalized spacial score (nSPS) is 40.6. The largest absolute Gasteiger partial charge is 0.452 e. The van der Waals surface area contributed by atoms with Crippen molar-refractivity contribution in [3.63, 3.8) is 0 Å².